The van der Waals surface area contributed by atoms with Gasteiger partial charge in [-0.25, -0.2) is 4.98 Å². The van der Waals surface area contributed by atoms with E-state index in [1.54, 1.807) is 17.5 Å². The molecular weight excluding hydrogens is 308 g/mol. The molecule has 0 aliphatic carbocycles. The molecule has 6 heteroatoms. The molecule has 0 radical (unpaired) electrons. The van der Waals surface area contributed by atoms with Gasteiger partial charge in [-0.3, -0.25) is 9.48 Å². The number of thiazole rings is 1. The van der Waals surface area contributed by atoms with Crippen LogP contribution < -0.4 is 0 Å². The Morgan fingerprint density at radius 2 is 2.26 bits per heavy atom. The minimum absolute atomic E-state index is 0.0439. The lowest BCUT2D eigenvalue weighted by atomic mass is 9.98. The van der Waals surface area contributed by atoms with Crippen molar-refractivity contribution in [3.8, 4) is 0 Å². The summed E-state index contributed by atoms with van der Waals surface area (Å²) in [6, 6.07) is 2.17. The molecule has 1 fully saturated rings. The maximum Gasteiger partial charge on any atom is 0.228 e. The van der Waals surface area contributed by atoms with Gasteiger partial charge in [0.05, 0.1) is 29.7 Å². The molecule has 1 saturated heterocycles. The zero-order chi connectivity index (χ0) is 16.4. The second kappa shape index (κ2) is 6.43. The molecule has 0 saturated carbocycles. The Hall–Kier alpha value is -1.69. The number of amides is 1. The normalized spacial score (nSPS) is 18.6. The standard InChI is InChI=1S/C17H24N4OS/c1-17(2,3)16-19-13(12-23-16)10-15(22)21-9-4-6-14(21)11-20-8-5-7-18-20/h5,7-8,12,14H,4,6,9-11H2,1-3H3. The SMILES string of the molecule is CC(C)(C)c1nc(CC(=O)N2CCCC2Cn2cccn2)cs1. The number of aromatic nitrogens is 3. The number of carbonyl (C=O) groups is 1. The summed E-state index contributed by atoms with van der Waals surface area (Å²) < 4.78 is 1.91. The van der Waals surface area contributed by atoms with Gasteiger partial charge in [0, 0.05) is 29.7 Å². The van der Waals surface area contributed by atoms with Gasteiger partial charge in [-0.2, -0.15) is 5.10 Å². The van der Waals surface area contributed by atoms with E-state index in [1.165, 1.54) is 0 Å². The number of carbonyl (C=O) groups excluding carboxylic acids is 1. The number of hydrogen-bond donors (Lipinski definition) is 0. The first-order valence-electron chi connectivity index (χ1n) is 8.15. The first kappa shape index (κ1) is 16.2. The quantitative estimate of drug-likeness (QED) is 0.865. The van der Waals surface area contributed by atoms with E-state index >= 15 is 0 Å². The summed E-state index contributed by atoms with van der Waals surface area (Å²) in [5.41, 5.74) is 0.942. The molecule has 2 aromatic heterocycles. The van der Waals surface area contributed by atoms with E-state index in [9.17, 15) is 4.79 Å². The van der Waals surface area contributed by atoms with Crippen LogP contribution in [0.1, 0.15) is 44.3 Å². The van der Waals surface area contributed by atoms with Crippen molar-refractivity contribution in [3.05, 3.63) is 34.5 Å². The summed E-state index contributed by atoms with van der Waals surface area (Å²) in [5.74, 6) is 0.186. The van der Waals surface area contributed by atoms with Gasteiger partial charge in [-0.1, -0.05) is 20.8 Å². The smallest absolute Gasteiger partial charge is 0.228 e. The Balaban J connectivity index is 1.64. The maximum atomic E-state index is 12.7. The molecule has 0 N–H and O–H groups in total. The highest BCUT2D eigenvalue weighted by atomic mass is 32.1. The second-order valence-electron chi connectivity index (χ2n) is 7.18. The maximum absolute atomic E-state index is 12.7. The van der Waals surface area contributed by atoms with Crippen LogP contribution in [0.2, 0.25) is 0 Å². The molecule has 0 aromatic carbocycles. The van der Waals surface area contributed by atoms with Gasteiger partial charge in [0.15, 0.2) is 0 Å². The lowest BCUT2D eigenvalue weighted by Crippen LogP contribution is -2.39. The van der Waals surface area contributed by atoms with Gasteiger partial charge in [-0.05, 0) is 18.9 Å². The van der Waals surface area contributed by atoms with Crippen molar-refractivity contribution in [2.45, 2.75) is 58.0 Å². The van der Waals surface area contributed by atoms with Crippen molar-refractivity contribution >= 4 is 17.2 Å². The van der Waals surface area contributed by atoms with E-state index in [0.717, 1.165) is 36.6 Å². The van der Waals surface area contributed by atoms with Gasteiger partial charge < -0.3 is 4.90 Å². The Bertz CT molecular complexity index is 656. The van der Waals surface area contributed by atoms with E-state index in [0.29, 0.717) is 6.42 Å². The molecule has 23 heavy (non-hydrogen) atoms. The fraction of sp³-hybridized carbons (Fsp3) is 0.588. The van der Waals surface area contributed by atoms with Crippen molar-refractivity contribution in [3.63, 3.8) is 0 Å². The molecular formula is C17H24N4OS. The van der Waals surface area contributed by atoms with E-state index < -0.39 is 0 Å². The van der Waals surface area contributed by atoms with Crippen molar-refractivity contribution in [2.24, 2.45) is 0 Å². The van der Waals surface area contributed by atoms with E-state index in [4.69, 9.17) is 0 Å². The van der Waals surface area contributed by atoms with Crippen LogP contribution in [0.15, 0.2) is 23.8 Å². The molecule has 3 heterocycles. The van der Waals surface area contributed by atoms with Crippen molar-refractivity contribution in [1.29, 1.82) is 0 Å². The molecule has 1 aliphatic heterocycles. The molecule has 1 amide bonds. The summed E-state index contributed by atoms with van der Waals surface area (Å²) in [6.07, 6.45) is 6.27. The van der Waals surface area contributed by atoms with Crippen molar-refractivity contribution in [1.82, 2.24) is 19.7 Å². The molecule has 1 unspecified atom stereocenters. The lowest BCUT2D eigenvalue weighted by Gasteiger charge is -2.24. The third-order valence-corrected chi connectivity index (χ3v) is 5.50. The summed E-state index contributed by atoms with van der Waals surface area (Å²) >= 11 is 1.65. The van der Waals surface area contributed by atoms with Crippen LogP contribution in [0, 0.1) is 0 Å². The number of hydrogen-bond acceptors (Lipinski definition) is 4. The first-order chi connectivity index (χ1) is 10.9. The van der Waals surface area contributed by atoms with Crippen LogP contribution in [0.3, 0.4) is 0 Å². The molecule has 2 aromatic rings. The number of nitrogens with zero attached hydrogens (tertiary/aromatic N) is 4. The third-order valence-electron chi connectivity index (χ3n) is 4.18. The number of rotatable bonds is 4. The highest BCUT2D eigenvalue weighted by molar-refractivity contribution is 7.09. The highest BCUT2D eigenvalue weighted by Gasteiger charge is 2.29. The molecule has 3 rings (SSSR count). The van der Waals surface area contributed by atoms with Crippen LogP contribution >= 0.6 is 11.3 Å². The van der Waals surface area contributed by atoms with Gasteiger partial charge in [0.2, 0.25) is 5.91 Å². The van der Waals surface area contributed by atoms with Gasteiger partial charge in [0.1, 0.15) is 0 Å². The van der Waals surface area contributed by atoms with E-state index in [1.807, 2.05) is 27.2 Å². The van der Waals surface area contributed by atoms with Crippen LogP contribution in [0.4, 0.5) is 0 Å². The fourth-order valence-corrected chi connectivity index (χ4v) is 3.87. The van der Waals surface area contributed by atoms with E-state index in [2.05, 4.69) is 30.9 Å². The minimum Gasteiger partial charge on any atom is -0.338 e. The molecule has 1 aliphatic rings. The number of likely N-dealkylation sites (tertiary alicyclic amines) is 1. The predicted molar refractivity (Wildman–Crippen MR) is 91.5 cm³/mol. The average Bonchev–Trinajstić information content (AvgIpc) is 3.18. The Labute approximate surface area is 141 Å². The van der Waals surface area contributed by atoms with Crippen molar-refractivity contribution < 1.29 is 4.79 Å². The van der Waals surface area contributed by atoms with Crippen LogP contribution in [0.25, 0.3) is 0 Å². The zero-order valence-corrected chi connectivity index (χ0v) is 14.8. The Morgan fingerprint density at radius 3 is 2.91 bits per heavy atom. The molecule has 0 bridgehead atoms. The summed E-state index contributed by atoms with van der Waals surface area (Å²) in [6.45, 7) is 8.08. The van der Waals surface area contributed by atoms with Crippen LogP contribution in [0.5, 0.6) is 0 Å². The lowest BCUT2D eigenvalue weighted by molar-refractivity contribution is -0.131. The fourth-order valence-electron chi connectivity index (χ4n) is 2.97. The zero-order valence-electron chi connectivity index (χ0n) is 14.0. The Morgan fingerprint density at radius 1 is 1.43 bits per heavy atom. The summed E-state index contributed by atoms with van der Waals surface area (Å²) in [4.78, 5) is 19.3. The topological polar surface area (TPSA) is 51.0 Å². The monoisotopic (exact) mass is 332 g/mol. The summed E-state index contributed by atoms with van der Waals surface area (Å²) in [5, 5.41) is 7.37. The van der Waals surface area contributed by atoms with Gasteiger partial charge in [-0.15, -0.1) is 11.3 Å². The average molecular weight is 332 g/mol. The van der Waals surface area contributed by atoms with Gasteiger partial charge in [0.25, 0.3) is 0 Å². The third kappa shape index (κ3) is 3.80. The highest BCUT2D eigenvalue weighted by Crippen LogP contribution is 2.26. The molecule has 5 nitrogen and oxygen atoms in total. The Kier molecular flexibility index (Phi) is 4.53. The molecule has 1 atom stereocenters. The summed E-state index contributed by atoms with van der Waals surface area (Å²) in [7, 11) is 0. The van der Waals surface area contributed by atoms with Gasteiger partial charge >= 0.3 is 0 Å². The molecule has 0 spiro atoms. The second-order valence-corrected chi connectivity index (χ2v) is 8.04. The van der Waals surface area contributed by atoms with E-state index in [-0.39, 0.29) is 17.4 Å². The predicted octanol–water partition coefficient (Wildman–Crippen LogP) is 2.87. The van der Waals surface area contributed by atoms with Crippen LogP contribution in [-0.2, 0) is 23.2 Å². The van der Waals surface area contributed by atoms with Crippen molar-refractivity contribution in [2.75, 3.05) is 6.54 Å². The molecule has 124 valence electrons. The minimum atomic E-state index is 0.0439. The largest absolute Gasteiger partial charge is 0.338 e. The van der Waals surface area contributed by atoms with Crippen LogP contribution in [-0.4, -0.2) is 38.2 Å². The first-order valence-corrected chi connectivity index (χ1v) is 9.03.